The summed E-state index contributed by atoms with van der Waals surface area (Å²) >= 11 is 0. The van der Waals surface area contributed by atoms with Crippen molar-refractivity contribution in [1.82, 2.24) is 20.4 Å². The number of rotatable bonds is 8. The van der Waals surface area contributed by atoms with E-state index in [-0.39, 0.29) is 0 Å². The van der Waals surface area contributed by atoms with E-state index in [4.69, 9.17) is 9.73 Å². The Bertz CT molecular complexity index is 597. The monoisotopic (exact) mass is 402 g/mol. The lowest BCUT2D eigenvalue weighted by Gasteiger charge is -2.38. The standard InChI is InChI=1S/C22H38N6O/c1-3-23-22(24-9-10-26-15-17-29-18-16-26)25-19-20(2)27-11-13-28(14-12-27)21-7-5-4-6-8-21/h4-8,20H,3,9-19H2,1-2H3,(H2,23,24,25). The van der Waals surface area contributed by atoms with E-state index in [1.807, 2.05) is 0 Å². The Morgan fingerprint density at radius 3 is 2.45 bits per heavy atom. The zero-order valence-corrected chi connectivity index (χ0v) is 18.1. The normalized spacial score (nSPS) is 20.5. The summed E-state index contributed by atoms with van der Waals surface area (Å²) in [6.45, 7) is 16.1. The van der Waals surface area contributed by atoms with Crippen LogP contribution in [-0.2, 0) is 4.74 Å². The predicted molar refractivity (Wildman–Crippen MR) is 121 cm³/mol. The van der Waals surface area contributed by atoms with Gasteiger partial charge in [0.1, 0.15) is 0 Å². The van der Waals surface area contributed by atoms with Gasteiger partial charge in [-0.3, -0.25) is 14.8 Å². The smallest absolute Gasteiger partial charge is 0.191 e. The molecule has 7 heteroatoms. The molecule has 0 amide bonds. The van der Waals surface area contributed by atoms with Crippen molar-refractivity contribution < 1.29 is 4.74 Å². The summed E-state index contributed by atoms with van der Waals surface area (Å²) in [5, 5.41) is 6.86. The maximum absolute atomic E-state index is 5.41. The highest BCUT2D eigenvalue weighted by Gasteiger charge is 2.21. The van der Waals surface area contributed by atoms with Gasteiger partial charge in [0, 0.05) is 70.6 Å². The fourth-order valence-corrected chi connectivity index (χ4v) is 3.90. The summed E-state index contributed by atoms with van der Waals surface area (Å²) in [5.74, 6) is 0.926. The van der Waals surface area contributed by atoms with E-state index < -0.39 is 0 Å². The molecule has 3 rings (SSSR count). The summed E-state index contributed by atoms with van der Waals surface area (Å²) in [7, 11) is 0. The first-order valence-electron chi connectivity index (χ1n) is 11.1. The Balaban J connectivity index is 1.40. The lowest BCUT2D eigenvalue weighted by atomic mass is 10.2. The van der Waals surface area contributed by atoms with E-state index in [1.54, 1.807) is 0 Å². The van der Waals surface area contributed by atoms with Gasteiger partial charge in [-0.2, -0.15) is 0 Å². The van der Waals surface area contributed by atoms with E-state index in [9.17, 15) is 0 Å². The molecule has 2 fully saturated rings. The van der Waals surface area contributed by atoms with E-state index in [0.717, 1.165) is 84.6 Å². The van der Waals surface area contributed by atoms with Crippen LogP contribution in [0.3, 0.4) is 0 Å². The molecule has 1 aromatic carbocycles. The highest BCUT2D eigenvalue weighted by Crippen LogP contribution is 2.16. The number of piperazine rings is 1. The first-order valence-corrected chi connectivity index (χ1v) is 11.1. The van der Waals surface area contributed by atoms with Crippen LogP contribution in [0.5, 0.6) is 0 Å². The van der Waals surface area contributed by atoms with E-state index in [0.29, 0.717) is 6.04 Å². The number of guanidine groups is 1. The SMILES string of the molecule is CCNC(=NCC(C)N1CCN(c2ccccc2)CC1)NCCN1CCOCC1. The molecule has 29 heavy (non-hydrogen) atoms. The van der Waals surface area contributed by atoms with Crippen molar-refractivity contribution in [1.29, 1.82) is 0 Å². The molecular weight excluding hydrogens is 364 g/mol. The molecule has 162 valence electrons. The molecule has 2 N–H and O–H groups in total. The number of hydrogen-bond donors (Lipinski definition) is 2. The van der Waals surface area contributed by atoms with Gasteiger partial charge in [0.15, 0.2) is 5.96 Å². The Kier molecular flexibility index (Phi) is 9.05. The van der Waals surface area contributed by atoms with Gasteiger partial charge >= 0.3 is 0 Å². The van der Waals surface area contributed by atoms with Gasteiger partial charge in [-0.25, -0.2) is 0 Å². The molecule has 2 aliphatic rings. The van der Waals surface area contributed by atoms with Crippen LogP contribution >= 0.6 is 0 Å². The summed E-state index contributed by atoms with van der Waals surface area (Å²) in [4.78, 5) is 12.3. The summed E-state index contributed by atoms with van der Waals surface area (Å²) < 4.78 is 5.41. The zero-order chi connectivity index (χ0) is 20.3. The van der Waals surface area contributed by atoms with Crippen LogP contribution in [0.4, 0.5) is 5.69 Å². The maximum atomic E-state index is 5.41. The Morgan fingerprint density at radius 2 is 1.76 bits per heavy atom. The fraction of sp³-hybridized carbons (Fsp3) is 0.682. The molecule has 0 bridgehead atoms. The van der Waals surface area contributed by atoms with Crippen molar-refractivity contribution in [2.75, 3.05) is 83.6 Å². The molecule has 0 aliphatic carbocycles. The van der Waals surface area contributed by atoms with Crippen LogP contribution in [-0.4, -0.2) is 100 Å². The first-order chi connectivity index (χ1) is 14.3. The topological polar surface area (TPSA) is 55.4 Å². The molecule has 2 saturated heterocycles. The third-order valence-corrected chi connectivity index (χ3v) is 5.74. The molecule has 0 aromatic heterocycles. The summed E-state index contributed by atoms with van der Waals surface area (Å²) in [6.07, 6.45) is 0. The second-order valence-corrected chi connectivity index (χ2v) is 7.81. The summed E-state index contributed by atoms with van der Waals surface area (Å²) in [5.41, 5.74) is 1.33. The lowest BCUT2D eigenvalue weighted by Crippen LogP contribution is -2.50. The minimum atomic E-state index is 0.447. The van der Waals surface area contributed by atoms with E-state index in [1.165, 1.54) is 5.69 Å². The van der Waals surface area contributed by atoms with Crippen LogP contribution in [0.1, 0.15) is 13.8 Å². The second-order valence-electron chi connectivity index (χ2n) is 7.81. The minimum absolute atomic E-state index is 0.447. The molecule has 0 spiro atoms. The molecule has 0 radical (unpaired) electrons. The van der Waals surface area contributed by atoms with Gasteiger partial charge in [0.25, 0.3) is 0 Å². The average molecular weight is 403 g/mol. The van der Waals surface area contributed by atoms with Gasteiger partial charge in [-0.05, 0) is 26.0 Å². The molecule has 1 unspecified atom stereocenters. The number of nitrogens with one attached hydrogen (secondary N) is 2. The molecule has 2 aliphatic heterocycles. The van der Waals surface area contributed by atoms with Crippen LogP contribution in [0.25, 0.3) is 0 Å². The number of aliphatic imine (C=N–C) groups is 1. The second kappa shape index (κ2) is 12.0. The molecule has 2 heterocycles. The molecule has 1 atom stereocenters. The Labute approximate surface area is 176 Å². The number of para-hydroxylation sites is 1. The quantitative estimate of drug-likeness (QED) is 0.501. The van der Waals surface area contributed by atoms with Gasteiger partial charge in [0.05, 0.1) is 19.8 Å². The molecule has 7 nitrogen and oxygen atoms in total. The lowest BCUT2D eigenvalue weighted by molar-refractivity contribution is 0.0389. The van der Waals surface area contributed by atoms with Crippen molar-refractivity contribution in [3.05, 3.63) is 30.3 Å². The van der Waals surface area contributed by atoms with Crippen molar-refractivity contribution in [3.8, 4) is 0 Å². The van der Waals surface area contributed by atoms with E-state index >= 15 is 0 Å². The number of anilines is 1. The highest BCUT2D eigenvalue weighted by atomic mass is 16.5. The average Bonchev–Trinajstić information content (AvgIpc) is 2.78. The van der Waals surface area contributed by atoms with Gasteiger partial charge in [0.2, 0.25) is 0 Å². The fourth-order valence-electron chi connectivity index (χ4n) is 3.90. The first kappa shape index (κ1) is 21.9. The molecule has 0 saturated carbocycles. The third-order valence-electron chi connectivity index (χ3n) is 5.74. The number of nitrogens with zero attached hydrogens (tertiary/aromatic N) is 4. The number of morpholine rings is 1. The third kappa shape index (κ3) is 7.17. The van der Waals surface area contributed by atoms with Crippen molar-refractivity contribution >= 4 is 11.6 Å². The van der Waals surface area contributed by atoms with Crippen molar-refractivity contribution in [3.63, 3.8) is 0 Å². The minimum Gasteiger partial charge on any atom is -0.379 e. The van der Waals surface area contributed by atoms with Gasteiger partial charge < -0.3 is 20.3 Å². The molecular formula is C22H38N6O. The van der Waals surface area contributed by atoms with Crippen LogP contribution < -0.4 is 15.5 Å². The predicted octanol–water partition coefficient (Wildman–Crippen LogP) is 1.08. The van der Waals surface area contributed by atoms with Crippen molar-refractivity contribution in [2.24, 2.45) is 4.99 Å². The van der Waals surface area contributed by atoms with Crippen LogP contribution in [0.2, 0.25) is 0 Å². The van der Waals surface area contributed by atoms with E-state index in [2.05, 4.69) is 69.5 Å². The molecule has 1 aromatic rings. The Morgan fingerprint density at radius 1 is 1.03 bits per heavy atom. The number of benzene rings is 1. The largest absolute Gasteiger partial charge is 0.379 e. The van der Waals surface area contributed by atoms with Crippen LogP contribution in [0, 0.1) is 0 Å². The number of hydrogen-bond acceptors (Lipinski definition) is 5. The highest BCUT2D eigenvalue weighted by molar-refractivity contribution is 5.79. The van der Waals surface area contributed by atoms with Gasteiger partial charge in [-0.15, -0.1) is 0 Å². The number of ether oxygens (including phenoxy) is 1. The Hall–Kier alpha value is -1.83. The maximum Gasteiger partial charge on any atom is 0.191 e. The van der Waals surface area contributed by atoms with Crippen molar-refractivity contribution in [2.45, 2.75) is 19.9 Å². The van der Waals surface area contributed by atoms with Gasteiger partial charge in [-0.1, -0.05) is 18.2 Å². The summed E-state index contributed by atoms with van der Waals surface area (Å²) in [6, 6.07) is 11.2. The van der Waals surface area contributed by atoms with Crippen LogP contribution in [0.15, 0.2) is 35.3 Å². The zero-order valence-electron chi connectivity index (χ0n) is 18.1.